The summed E-state index contributed by atoms with van der Waals surface area (Å²) in [6, 6.07) is 9.54. The first kappa shape index (κ1) is 16.3. The molecule has 0 atom stereocenters. The van der Waals surface area contributed by atoms with Gasteiger partial charge in [0.05, 0.1) is 11.5 Å². The van der Waals surface area contributed by atoms with Gasteiger partial charge in [-0.25, -0.2) is 4.79 Å². The van der Waals surface area contributed by atoms with Crippen LogP contribution in [0.25, 0.3) is 11.3 Å². The number of benzene rings is 1. The maximum atomic E-state index is 11.1. The summed E-state index contributed by atoms with van der Waals surface area (Å²) >= 11 is 0. The molecular formula is C15H15N3O5. The number of nitro benzene ring substituents is 1. The first-order valence-electron chi connectivity index (χ1n) is 6.92. The molecule has 0 saturated carbocycles. The summed E-state index contributed by atoms with van der Waals surface area (Å²) in [6.07, 6.45) is 0. The van der Waals surface area contributed by atoms with Crippen molar-refractivity contribution >= 4 is 11.7 Å². The van der Waals surface area contributed by atoms with Crippen molar-refractivity contribution in [1.82, 2.24) is 0 Å². The normalized spacial score (nSPS) is 10.8. The Bertz CT molecular complexity index is 706. The molecule has 120 valence electrons. The molecule has 1 aromatic carbocycles. The summed E-state index contributed by atoms with van der Waals surface area (Å²) in [4.78, 5) is 21.2. The smallest absolute Gasteiger partial charge is 0.329 e. The lowest BCUT2D eigenvalue weighted by molar-refractivity contribution is -0.384. The Balaban J connectivity index is 1.94. The molecule has 8 nitrogen and oxygen atoms in total. The monoisotopic (exact) mass is 317 g/mol. The number of carbonyl (C=O) groups excluding carboxylic acids is 1. The highest BCUT2D eigenvalue weighted by Gasteiger charge is 2.08. The minimum Gasteiger partial charge on any atom is -0.465 e. The van der Waals surface area contributed by atoms with Gasteiger partial charge in [0.2, 0.25) is 0 Å². The number of ether oxygens (including phenoxy) is 1. The van der Waals surface area contributed by atoms with Gasteiger partial charge in [0, 0.05) is 17.7 Å². The number of furan rings is 1. The molecule has 0 aliphatic rings. The van der Waals surface area contributed by atoms with Gasteiger partial charge in [-0.15, -0.1) is 0 Å². The van der Waals surface area contributed by atoms with E-state index in [-0.39, 0.29) is 18.8 Å². The molecule has 2 rings (SSSR count). The van der Waals surface area contributed by atoms with Gasteiger partial charge in [0.15, 0.2) is 6.54 Å². The van der Waals surface area contributed by atoms with Gasteiger partial charge in [-0.3, -0.25) is 10.1 Å². The summed E-state index contributed by atoms with van der Waals surface area (Å²) in [7, 11) is 0. The van der Waals surface area contributed by atoms with Crippen LogP contribution < -0.4 is 0 Å². The van der Waals surface area contributed by atoms with Gasteiger partial charge >= 0.3 is 5.97 Å². The molecule has 0 amide bonds. The predicted octanol–water partition coefficient (Wildman–Crippen LogP) is 3.37. The van der Waals surface area contributed by atoms with Crippen LogP contribution in [0.1, 0.15) is 12.7 Å². The van der Waals surface area contributed by atoms with Crippen LogP contribution in [0.3, 0.4) is 0 Å². The van der Waals surface area contributed by atoms with Gasteiger partial charge < -0.3 is 9.15 Å². The van der Waals surface area contributed by atoms with E-state index < -0.39 is 10.9 Å². The van der Waals surface area contributed by atoms with Crippen molar-refractivity contribution in [3.8, 4) is 11.3 Å². The topological polar surface area (TPSA) is 107 Å². The van der Waals surface area contributed by atoms with E-state index >= 15 is 0 Å². The number of hydrogen-bond acceptors (Lipinski definition) is 7. The van der Waals surface area contributed by atoms with Crippen LogP contribution in [0.15, 0.2) is 51.0 Å². The fourth-order valence-electron chi connectivity index (χ4n) is 1.80. The predicted molar refractivity (Wildman–Crippen MR) is 80.9 cm³/mol. The second-order valence-electron chi connectivity index (χ2n) is 4.47. The first-order chi connectivity index (χ1) is 11.1. The SMILES string of the molecule is CCOC(=O)CN=NCc1ccc(-c2ccc([N+](=O)[O-])cc2)o1. The maximum absolute atomic E-state index is 11.1. The lowest BCUT2D eigenvalue weighted by atomic mass is 10.1. The van der Waals surface area contributed by atoms with E-state index in [1.807, 2.05) is 0 Å². The van der Waals surface area contributed by atoms with E-state index in [4.69, 9.17) is 9.15 Å². The number of nitrogens with zero attached hydrogens (tertiary/aromatic N) is 3. The average molecular weight is 317 g/mol. The Morgan fingerprint density at radius 3 is 2.61 bits per heavy atom. The zero-order valence-electron chi connectivity index (χ0n) is 12.5. The van der Waals surface area contributed by atoms with Crippen molar-refractivity contribution in [3.63, 3.8) is 0 Å². The molecule has 0 N–H and O–H groups in total. The molecule has 2 aromatic rings. The lowest BCUT2D eigenvalue weighted by Crippen LogP contribution is -2.06. The molecule has 0 aliphatic carbocycles. The molecule has 8 heteroatoms. The number of nitro groups is 1. The molecule has 0 unspecified atom stereocenters. The minimum absolute atomic E-state index is 0.0216. The van der Waals surface area contributed by atoms with E-state index in [0.717, 1.165) is 5.56 Å². The number of carbonyl (C=O) groups is 1. The van der Waals surface area contributed by atoms with Crippen molar-refractivity contribution in [3.05, 3.63) is 52.3 Å². The first-order valence-corrected chi connectivity index (χ1v) is 6.92. The lowest BCUT2D eigenvalue weighted by Gasteiger charge is -1.97. The summed E-state index contributed by atoms with van der Waals surface area (Å²) in [6.45, 7) is 2.11. The third-order valence-corrected chi connectivity index (χ3v) is 2.86. The van der Waals surface area contributed by atoms with Crippen molar-refractivity contribution in [2.45, 2.75) is 13.5 Å². The van der Waals surface area contributed by atoms with E-state index in [2.05, 4.69) is 10.2 Å². The highest BCUT2D eigenvalue weighted by molar-refractivity contribution is 5.71. The standard InChI is InChI=1S/C15H15N3O5/c1-2-22-15(19)10-17-16-9-13-7-8-14(23-13)11-3-5-12(6-4-11)18(20)21/h3-8H,2,9-10H2,1H3. The molecular weight excluding hydrogens is 302 g/mol. The number of hydrogen-bond donors (Lipinski definition) is 0. The van der Waals surface area contributed by atoms with Crippen molar-refractivity contribution in [2.75, 3.05) is 13.2 Å². The van der Waals surface area contributed by atoms with Gasteiger partial charge in [0.25, 0.3) is 5.69 Å². The molecule has 0 fully saturated rings. The molecule has 1 aromatic heterocycles. The Morgan fingerprint density at radius 2 is 1.96 bits per heavy atom. The Morgan fingerprint density at radius 1 is 1.22 bits per heavy atom. The Hall–Kier alpha value is -3.03. The van der Waals surface area contributed by atoms with Gasteiger partial charge in [-0.2, -0.15) is 10.2 Å². The number of esters is 1. The largest absolute Gasteiger partial charge is 0.465 e. The van der Waals surface area contributed by atoms with Crippen LogP contribution >= 0.6 is 0 Å². The van der Waals surface area contributed by atoms with E-state index in [1.54, 1.807) is 31.2 Å². The Labute approximate surface area is 131 Å². The summed E-state index contributed by atoms with van der Waals surface area (Å²) in [5.41, 5.74) is 0.749. The third-order valence-electron chi connectivity index (χ3n) is 2.86. The van der Waals surface area contributed by atoms with Gasteiger partial charge in [-0.1, -0.05) is 0 Å². The fraction of sp³-hybridized carbons (Fsp3) is 0.267. The summed E-state index contributed by atoms with van der Waals surface area (Å²) < 4.78 is 10.3. The average Bonchev–Trinajstić information content (AvgIpc) is 3.01. The quantitative estimate of drug-likeness (QED) is 0.337. The van der Waals surface area contributed by atoms with E-state index in [1.165, 1.54) is 12.1 Å². The molecule has 0 saturated heterocycles. The van der Waals surface area contributed by atoms with Crippen LogP contribution in [0, 0.1) is 10.1 Å². The zero-order chi connectivity index (χ0) is 16.7. The van der Waals surface area contributed by atoms with Crippen LogP contribution in [0.4, 0.5) is 5.69 Å². The minimum atomic E-state index is -0.457. The summed E-state index contributed by atoms with van der Waals surface area (Å²) in [5.74, 6) is 0.726. The number of rotatable bonds is 7. The van der Waals surface area contributed by atoms with Crippen LogP contribution in [-0.4, -0.2) is 24.0 Å². The van der Waals surface area contributed by atoms with Crippen LogP contribution in [0.2, 0.25) is 0 Å². The van der Waals surface area contributed by atoms with Gasteiger partial charge in [0.1, 0.15) is 18.1 Å². The highest BCUT2D eigenvalue weighted by Crippen LogP contribution is 2.24. The molecule has 0 aliphatic heterocycles. The molecule has 0 bridgehead atoms. The maximum Gasteiger partial charge on any atom is 0.329 e. The van der Waals surface area contributed by atoms with Crippen LogP contribution in [0.5, 0.6) is 0 Å². The molecule has 0 radical (unpaired) electrons. The fourth-order valence-corrected chi connectivity index (χ4v) is 1.80. The molecule has 23 heavy (non-hydrogen) atoms. The van der Waals surface area contributed by atoms with Crippen molar-refractivity contribution in [1.29, 1.82) is 0 Å². The van der Waals surface area contributed by atoms with Crippen molar-refractivity contribution < 1.29 is 18.9 Å². The Kier molecular flexibility index (Phi) is 5.56. The number of non-ortho nitro benzene ring substituents is 1. The third kappa shape index (κ3) is 4.73. The molecule has 1 heterocycles. The van der Waals surface area contributed by atoms with Crippen LogP contribution in [-0.2, 0) is 16.1 Å². The second-order valence-corrected chi connectivity index (χ2v) is 4.47. The van der Waals surface area contributed by atoms with E-state index in [9.17, 15) is 14.9 Å². The zero-order valence-corrected chi connectivity index (χ0v) is 12.5. The summed E-state index contributed by atoms with van der Waals surface area (Å²) in [5, 5.41) is 18.2. The van der Waals surface area contributed by atoms with E-state index in [0.29, 0.717) is 18.1 Å². The van der Waals surface area contributed by atoms with Crippen molar-refractivity contribution in [2.24, 2.45) is 10.2 Å². The second kappa shape index (κ2) is 7.83. The van der Waals surface area contributed by atoms with Gasteiger partial charge in [-0.05, 0) is 31.2 Å². The number of azo groups is 1. The molecule has 0 spiro atoms. The highest BCUT2D eigenvalue weighted by atomic mass is 16.6.